The van der Waals surface area contributed by atoms with Crippen LogP contribution in [0.25, 0.3) is 16.2 Å². The first-order valence-corrected chi connectivity index (χ1v) is 13.5. The molecule has 1 N–H and O–H groups in total. The molecule has 1 amide bonds. The van der Waals surface area contributed by atoms with Crippen molar-refractivity contribution in [3.05, 3.63) is 57.0 Å². The van der Waals surface area contributed by atoms with Gasteiger partial charge in [0.15, 0.2) is 17.0 Å². The molecule has 0 aromatic carbocycles. The number of rotatable bonds is 6. The molecule has 1 aliphatic rings. The second kappa shape index (κ2) is 9.90. The SMILES string of the molecule is CCC(C)OC(=O)c1c(NC(=O)c2cc3nc(-c4cccs4)cc(C(F)(F)F)n3n2)sc2c1CCCC2. The number of hydrogen-bond acceptors (Lipinski definition) is 7. The molecule has 0 radical (unpaired) electrons. The van der Waals surface area contributed by atoms with Crippen molar-refractivity contribution in [1.29, 1.82) is 0 Å². The Morgan fingerprint density at radius 3 is 2.73 bits per heavy atom. The van der Waals surface area contributed by atoms with Crippen LogP contribution in [0.1, 0.15) is 70.1 Å². The van der Waals surface area contributed by atoms with Crippen molar-refractivity contribution in [3.8, 4) is 10.6 Å². The fourth-order valence-corrected chi connectivity index (χ4v) is 6.16. The lowest BCUT2D eigenvalue weighted by Gasteiger charge is -2.15. The number of carbonyl (C=O) groups excluding carboxylic acids is 2. The Balaban J connectivity index is 1.52. The molecule has 7 nitrogen and oxygen atoms in total. The average Bonchev–Trinajstić information content (AvgIpc) is 3.60. The van der Waals surface area contributed by atoms with Crippen LogP contribution in [0.2, 0.25) is 0 Å². The first-order chi connectivity index (χ1) is 17.7. The number of ether oxygens (including phenoxy) is 1. The van der Waals surface area contributed by atoms with Gasteiger partial charge in [-0.25, -0.2) is 14.3 Å². The maximum absolute atomic E-state index is 13.9. The molecule has 0 bridgehead atoms. The molecule has 4 aromatic rings. The number of hydrogen-bond donors (Lipinski definition) is 1. The van der Waals surface area contributed by atoms with Crippen LogP contribution in [-0.4, -0.2) is 32.6 Å². The third-order valence-corrected chi connectivity index (χ3v) is 8.31. The molecule has 1 atom stereocenters. The molecule has 0 fully saturated rings. The van der Waals surface area contributed by atoms with Crippen LogP contribution in [0, 0.1) is 0 Å². The number of halogens is 3. The zero-order valence-electron chi connectivity index (χ0n) is 20.0. The molecule has 4 heterocycles. The van der Waals surface area contributed by atoms with E-state index in [1.54, 1.807) is 24.4 Å². The predicted octanol–water partition coefficient (Wildman–Crippen LogP) is 6.62. The van der Waals surface area contributed by atoms with E-state index in [0.29, 0.717) is 32.8 Å². The first-order valence-electron chi connectivity index (χ1n) is 11.8. The van der Waals surface area contributed by atoms with Crippen molar-refractivity contribution in [3.63, 3.8) is 0 Å². The van der Waals surface area contributed by atoms with Crippen molar-refractivity contribution in [2.45, 2.75) is 58.2 Å². The van der Waals surface area contributed by atoms with Gasteiger partial charge in [0, 0.05) is 10.9 Å². The van der Waals surface area contributed by atoms with Gasteiger partial charge in [0.1, 0.15) is 5.00 Å². The second-order valence-electron chi connectivity index (χ2n) is 8.79. The van der Waals surface area contributed by atoms with E-state index in [1.807, 2.05) is 6.92 Å². The number of thiophene rings is 2. The number of aromatic nitrogens is 3. The van der Waals surface area contributed by atoms with Crippen molar-refractivity contribution >= 4 is 45.2 Å². The van der Waals surface area contributed by atoms with Gasteiger partial charge in [-0.3, -0.25) is 4.79 Å². The summed E-state index contributed by atoms with van der Waals surface area (Å²) in [5.41, 5.74) is -0.0473. The molecule has 0 aliphatic heterocycles. The Bertz CT molecular complexity index is 1470. The van der Waals surface area contributed by atoms with E-state index in [-0.39, 0.29) is 23.1 Å². The minimum Gasteiger partial charge on any atom is -0.459 e. The Hall–Kier alpha value is -3.25. The van der Waals surface area contributed by atoms with Gasteiger partial charge in [-0.05, 0) is 62.1 Å². The van der Waals surface area contributed by atoms with Crippen molar-refractivity contribution in [2.75, 3.05) is 5.32 Å². The van der Waals surface area contributed by atoms with Crippen LogP contribution < -0.4 is 5.32 Å². The number of alkyl halides is 3. The number of carbonyl (C=O) groups is 2. The minimum atomic E-state index is -4.72. The summed E-state index contributed by atoms with van der Waals surface area (Å²) in [6.07, 6.45) is -0.977. The number of aryl methyl sites for hydroxylation is 1. The normalized spacial score (nSPS) is 14.4. The highest BCUT2D eigenvalue weighted by Crippen LogP contribution is 2.39. The summed E-state index contributed by atoms with van der Waals surface area (Å²) < 4.78 is 47.8. The van der Waals surface area contributed by atoms with Gasteiger partial charge >= 0.3 is 12.1 Å². The lowest BCUT2D eigenvalue weighted by molar-refractivity contribution is -0.142. The summed E-state index contributed by atoms with van der Waals surface area (Å²) in [5, 5.41) is 8.71. The Morgan fingerprint density at radius 2 is 2.03 bits per heavy atom. The summed E-state index contributed by atoms with van der Waals surface area (Å²) in [5.74, 6) is -1.24. The molecule has 5 rings (SSSR count). The molecule has 4 aromatic heterocycles. The predicted molar refractivity (Wildman–Crippen MR) is 135 cm³/mol. The van der Waals surface area contributed by atoms with Gasteiger partial charge in [0.25, 0.3) is 5.91 Å². The zero-order chi connectivity index (χ0) is 26.3. The molecular weight excluding hydrogens is 525 g/mol. The highest BCUT2D eigenvalue weighted by Gasteiger charge is 2.36. The van der Waals surface area contributed by atoms with E-state index in [2.05, 4.69) is 15.4 Å². The highest BCUT2D eigenvalue weighted by molar-refractivity contribution is 7.17. The van der Waals surface area contributed by atoms with Gasteiger partial charge in [-0.2, -0.15) is 18.3 Å². The number of esters is 1. The van der Waals surface area contributed by atoms with E-state index in [1.165, 1.54) is 28.7 Å². The molecule has 12 heteroatoms. The zero-order valence-corrected chi connectivity index (χ0v) is 21.6. The fraction of sp³-hybridized carbons (Fsp3) is 0.360. The Morgan fingerprint density at radius 1 is 1.24 bits per heavy atom. The van der Waals surface area contributed by atoms with E-state index < -0.39 is 23.7 Å². The van der Waals surface area contributed by atoms with Gasteiger partial charge in [-0.1, -0.05) is 13.0 Å². The van der Waals surface area contributed by atoms with Crippen molar-refractivity contribution in [2.24, 2.45) is 0 Å². The van der Waals surface area contributed by atoms with Gasteiger partial charge in [0.05, 0.1) is 22.2 Å². The topological polar surface area (TPSA) is 85.6 Å². The number of amides is 1. The summed E-state index contributed by atoms with van der Waals surface area (Å²) in [7, 11) is 0. The maximum Gasteiger partial charge on any atom is 0.433 e. The summed E-state index contributed by atoms with van der Waals surface area (Å²) in [6.45, 7) is 3.70. The number of nitrogens with zero attached hydrogens (tertiary/aromatic N) is 3. The monoisotopic (exact) mass is 548 g/mol. The number of nitrogens with one attached hydrogen (secondary N) is 1. The molecule has 0 saturated heterocycles. The summed E-state index contributed by atoms with van der Waals surface area (Å²) in [6, 6.07) is 5.53. The quantitative estimate of drug-likeness (QED) is 0.274. The third-order valence-electron chi connectivity index (χ3n) is 6.21. The number of anilines is 1. The van der Waals surface area contributed by atoms with Crippen LogP contribution in [-0.2, 0) is 23.8 Å². The number of fused-ring (bicyclic) bond motifs is 2. The summed E-state index contributed by atoms with van der Waals surface area (Å²) >= 11 is 2.56. The lowest BCUT2D eigenvalue weighted by atomic mass is 9.95. The van der Waals surface area contributed by atoms with Crippen molar-refractivity contribution < 1.29 is 27.5 Å². The molecule has 0 saturated carbocycles. The van der Waals surface area contributed by atoms with E-state index in [0.717, 1.165) is 35.8 Å². The second-order valence-corrected chi connectivity index (χ2v) is 10.8. The largest absolute Gasteiger partial charge is 0.459 e. The smallest absolute Gasteiger partial charge is 0.433 e. The van der Waals surface area contributed by atoms with Crippen LogP contribution in [0.15, 0.2) is 29.6 Å². The van der Waals surface area contributed by atoms with Crippen molar-refractivity contribution in [1.82, 2.24) is 14.6 Å². The van der Waals surface area contributed by atoms with Gasteiger partial charge in [-0.15, -0.1) is 22.7 Å². The third kappa shape index (κ3) is 4.99. The van der Waals surface area contributed by atoms with Crippen LogP contribution in [0.4, 0.5) is 18.2 Å². The first kappa shape index (κ1) is 25.4. The van der Waals surface area contributed by atoms with E-state index >= 15 is 0 Å². The molecule has 1 aliphatic carbocycles. The minimum absolute atomic E-state index is 0.106. The van der Waals surface area contributed by atoms with Gasteiger partial charge < -0.3 is 10.1 Å². The standard InChI is InChI=1S/C25H23F3N4O3S2/c1-3-13(2)35-24(34)21-14-7-4-5-8-17(14)37-23(21)30-22(33)16-12-20-29-15(18-9-6-10-36-18)11-19(25(26,27)28)32(20)31-16/h6,9-13H,3-5,7-8H2,1-2H3,(H,30,33). The highest BCUT2D eigenvalue weighted by atomic mass is 32.1. The Kier molecular flexibility index (Phi) is 6.80. The molecular formula is C25H23F3N4O3S2. The lowest BCUT2D eigenvalue weighted by Crippen LogP contribution is -2.19. The Labute approximate surface area is 218 Å². The summed E-state index contributed by atoms with van der Waals surface area (Å²) in [4.78, 5) is 32.1. The van der Waals surface area contributed by atoms with E-state index in [4.69, 9.17) is 4.74 Å². The van der Waals surface area contributed by atoms with E-state index in [9.17, 15) is 22.8 Å². The molecule has 1 unspecified atom stereocenters. The average molecular weight is 549 g/mol. The maximum atomic E-state index is 13.9. The van der Waals surface area contributed by atoms with Crippen LogP contribution >= 0.6 is 22.7 Å². The fourth-order valence-electron chi connectivity index (χ4n) is 4.20. The molecule has 37 heavy (non-hydrogen) atoms. The van der Waals surface area contributed by atoms with Gasteiger partial charge in [0.2, 0.25) is 0 Å². The molecule has 0 spiro atoms. The van der Waals surface area contributed by atoms with Crippen LogP contribution in [0.3, 0.4) is 0 Å². The molecule has 194 valence electrons. The van der Waals surface area contributed by atoms with Crippen LogP contribution in [0.5, 0.6) is 0 Å².